The maximum atomic E-state index is 11.8. The molecule has 0 atom stereocenters. The van der Waals surface area contributed by atoms with E-state index in [-0.39, 0.29) is 31.3 Å². The number of nitrogens with one attached hydrogen (secondary N) is 1. The molecule has 1 heterocycles. The number of halogens is 1. The minimum atomic E-state index is -0.390. The summed E-state index contributed by atoms with van der Waals surface area (Å²) in [4.78, 5) is 37.4. The Hall–Kier alpha value is -2.28. The first-order chi connectivity index (χ1) is 9.88. The van der Waals surface area contributed by atoms with Gasteiger partial charge in [0.05, 0.1) is 10.7 Å². The molecule has 1 aromatic rings. The third-order valence-electron chi connectivity index (χ3n) is 3.06. The van der Waals surface area contributed by atoms with Gasteiger partial charge in [-0.05, 0) is 18.2 Å². The summed E-state index contributed by atoms with van der Waals surface area (Å²) in [5.41, 5.74) is 6.49. The first-order valence-corrected chi connectivity index (χ1v) is 6.66. The van der Waals surface area contributed by atoms with Crippen LogP contribution >= 0.6 is 11.6 Å². The van der Waals surface area contributed by atoms with Crippen LogP contribution in [0.5, 0.6) is 0 Å². The fourth-order valence-electron chi connectivity index (χ4n) is 1.95. The lowest BCUT2D eigenvalue weighted by Crippen LogP contribution is -2.34. The number of benzene rings is 1. The zero-order chi connectivity index (χ0) is 15.6. The summed E-state index contributed by atoms with van der Waals surface area (Å²) in [5.74, 6) is -0.641. The van der Waals surface area contributed by atoms with E-state index in [4.69, 9.17) is 17.3 Å². The Labute approximate surface area is 126 Å². The number of urea groups is 1. The van der Waals surface area contributed by atoms with Gasteiger partial charge >= 0.3 is 6.03 Å². The molecule has 0 saturated carbocycles. The number of nitrogens with two attached hydrogens (primary N) is 1. The number of nitrogen functional groups attached to an aromatic ring is 1. The lowest BCUT2D eigenvalue weighted by molar-refractivity contribution is -0.125. The Morgan fingerprint density at radius 2 is 2.14 bits per heavy atom. The Bertz CT molecular complexity index is 605. The second-order valence-electron chi connectivity index (χ2n) is 4.72. The lowest BCUT2D eigenvalue weighted by Gasteiger charge is -2.14. The van der Waals surface area contributed by atoms with E-state index in [2.05, 4.69) is 5.32 Å². The Kier molecular flexibility index (Phi) is 4.32. The van der Waals surface area contributed by atoms with Crippen LogP contribution in [0.4, 0.5) is 16.2 Å². The summed E-state index contributed by atoms with van der Waals surface area (Å²) in [6.07, 6.45) is 0.00598. The first kappa shape index (κ1) is 15.1. The van der Waals surface area contributed by atoms with E-state index in [1.54, 1.807) is 12.1 Å². The summed E-state index contributed by atoms with van der Waals surface area (Å²) in [6.45, 7) is 0.0880. The van der Waals surface area contributed by atoms with Crippen LogP contribution in [0, 0.1) is 0 Å². The molecule has 0 spiro atoms. The Morgan fingerprint density at radius 3 is 2.71 bits per heavy atom. The van der Waals surface area contributed by atoms with E-state index < -0.39 is 6.03 Å². The highest BCUT2D eigenvalue weighted by molar-refractivity contribution is 6.34. The molecule has 1 aromatic carbocycles. The van der Waals surface area contributed by atoms with Crippen LogP contribution < -0.4 is 11.1 Å². The highest BCUT2D eigenvalue weighted by Gasteiger charge is 2.33. The highest BCUT2D eigenvalue weighted by atomic mass is 35.5. The molecule has 1 aliphatic rings. The van der Waals surface area contributed by atoms with E-state index in [9.17, 15) is 14.4 Å². The fourth-order valence-corrected chi connectivity index (χ4v) is 2.18. The molecular weight excluding hydrogens is 296 g/mol. The van der Waals surface area contributed by atoms with Crippen molar-refractivity contribution in [3.05, 3.63) is 23.2 Å². The van der Waals surface area contributed by atoms with Crippen molar-refractivity contribution in [2.75, 3.05) is 31.2 Å². The van der Waals surface area contributed by atoms with Crippen LogP contribution in [0.25, 0.3) is 0 Å². The second-order valence-corrected chi connectivity index (χ2v) is 5.13. The maximum Gasteiger partial charge on any atom is 0.326 e. The molecule has 1 saturated heterocycles. The van der Waals surface area contributed by atoms with Crippen molar-refractivity contribution in [2.45, 2.75) is 6.42 Å². The van der Waals surface area contributed by atoms with E-state index in [1.165, 1.54) is 18.0 Å². The van der Waals surface area contributed by atoms with Crippen LogP contribution in [0.3, 0.4) is 0 Å². The molecule has 0 unspecified atom stereocenters. The smallest absolute Gasteiger partial charge is 0.326 e. The SMILES string of the molecule is CN1CC(=O)N(CCC(=O)Nc2ccc(N)cc2Cl)C1=O. The maximum absolute atomic E-state index is 11.8. The number of anilines is 2. The molecule has 3 N–H and O–H groups in total. The quantitative estimate of drug-likeness (QED) is 0.644. The van der Waals surface area contributed by atoms with Gasteiger partial charge in [-0.15, -0.1) is 0 Å². The molecule has 112 valence electrons. The normalized spacial score (nSPS) is 14.8. The summed E-state index contributed by atoms with van der Waals surface area (Å²) in [7, 11) is 1.54. The number of likely N-dealkylation sites (N-methyl/N-ethyl adjacent to an activating group) is 1. The largest absolute Gasteiger partial charge is 0.399 e. The van der Waals surface area contributed by atoms with Crippen molar-refractivity contribution in [1.82, 2.24) is 9.80 Å². The molecule has 21 heavy (non-hydrogen) atoms. The predicted octanol–water partition coefficient (Wildman–Crippen LogP) is 1.14. The monoisotopic (exact) mass is 310 g/mol. The van der Waals surface area contributed by atoms with Gasteiger partial charge in [0.2, 0.25) is 11.8 Å². The molecule has 1 aliphatic heterocycles. The van der Waals surface area contributed by atoms with Gasteiger partial charge in [-0.2, -0.15) is 0 Å². The minimum Gasteiger partial charge on any atom is -0.399 e. The number of imide groups is 1. The molecule has 1 fully saturated rings. The number of hydrogen-bond donors (Lipinski definition) is 2. The van der Waals surface area contributed by atoms with Crippen molar-refractivity contribution in [3.8, 4) is 0 Å². The topological polar surface area (TPSA) is 95.7 Å². The van der Waals surface area contributed by atoms with Crippen LogP contribution in [0.15, 0.2) is 18.2 Å². The zero-order valence-corrected chi connectivity index (χ0v) is 12.2. The van der Waals surface area contributed by atoms with Gasteiger partial charge < -0.3 is 16.0 Å². The van der Waals surface area contributed by atoms with Gasteiger partial charge in [0.1, 0.15) is 6.54 Å². The molecule has 8 heteroatoms. The number of carbonyl (C=O) groups excluding carboxylic acids is 3. The predicted molar refractivity (Wildman–Crippen MR) is 78.9 cm³/mol. The molecule has 4 amide bonds. The highest BCUT2D eigenvalue weighted by Crippen LogP contribution is 2.24. The number of carbonyl (C=O) groups is 3. The molecule has 0 bridgehead atoms. The van der Waals surface area contributed by atoms with Crippen molar-refractivity contribution in [3.63, 3.8) is 0 Å². The van der Waals surface area contributed by atoms with Crippen LogP contribution in [0.1, 0.15) is 6.42 Å². The third kappa shape index (κ3) is 3.43. The molecule has 0 aromatic heterocycles. The average molecular weight is 311 g/mol. The minimum absolute atomic E-state index is 0.00598. The van der Waals surface area contributed by atoms with Gasteiger partial charge in [0, 0.05) is 25.7 Å². The standard InChI is InChI=1S/C13H15ClN4O3/c1-17-7-12(20)18(13(17)21)5-4-11(19)16-10-3-2-8(15)6-9(10)14/h2-3,6H,4-5,7,15H2,1H3,(H,16,19). The van der Waals surface area contributed by atoms with Crippen molar-refractivity contribution >= 4 is 40.8 Å². The number of nitrogens with zero attached hydrogens (tertiary/aromatic N) is 2. The molecule has 7 nitrogen and oxygen atoms in total. The lowest BCUT2D eigenvalue weighted by atomic mass is 10.2. The summed E-state index contributed by atoms with van der Waals surface area (Å²) >= 11 is 5.95. The van der Waals surface area contributed by atoms with Gasteiger partial charge in [0.15, 0.2) is 0 Å². The first-order valence-electron chi connectivity index (χ1n) is 6.29. The third-order valence-corrected chi connectivity index (χ3v) is 3.37. The number of hydrogen-bond acceptors (Lipinski definition) is 4. The van der Waals surface area contributed by atoms with E-state index in [1.807, 2.05) is 0 Å². The van der Waals surface area contributed by atoms with E-state index in [0.717, 1.165) is 4.90 Å². The van der Waals surface area contributed by atoms with Gasteiger partial charge in [0.25, 0.3) is 0 Å². The molecule has 2 rings (SSSR count). The van der Waals surface area contributed by atoms with Crippen molar-refractivity contribution in [1.29, 1.82) is 0 Å². The summed E-state index contributed by atoms with van der Waals surface area (Å²) in [6, 6.07) is 4.34. The van der Waals surface area contributed by atoms with Crippen LogP contribution in [-0.2, 0) is 9.59 Å². The number of rotatable bonds is 4. The summed E-state index contributed by atoms with van der Waals surface area (Å²) < 4.78 is 0. The molecular formula is C13H15ClN4O3. The van der Waals surface area contributed by atoms with Crippen LogP contribution in [-0.4, -0.2) is 47.8 Å². The average Bonchev–Trinajstić information content (AvgIpc) is 2.65. The molecule has 0 aliphatic carbocycles. The fraction of sp³-hybridized carbons (Fsp3) is 0.308. The van der Waals surface area contributed by atoms with Crippen LogP contribution in [0.2, 0.25) is 5.02 Å². The van der Waals surface area contributed by atoms with E-state index in [0.29, 0.717) is 16.4 Å². The Morgan fingerprint density at radius 1 is 1.43 bits per heavy atom. The van der Waals surface area contributed by atoms with Gasteiger partial charge in [-0.25, -0.2) is 4.79 Å². The zero-order valence-electron chi connectivity index (χ0n) is 11.4. The van der Waals surface area contributed by atoms with Gasteiger partial charge in [-0.3, -0.25) is 14.5 Å². The van der Waals surface area contributed by atoms with Crippen molar-refractivity contribution < 1.29 is 14.4 Å². The summed E-state index contributed by atoms with van der Waals surface area (Å²) in [5, 5.41) is 2.94. The van der Waals surface area contributed by atoms with E-state index >= 15 is 0 Å². The van der Waals surface area contributed by atoms with Gasteiger partial charge in [-0.1, -0.05) is 11.6 Å². The number of amides is 4. The second kappa shape index (κ2) is 6.01. The van der Waals surface area contributed by atoms with Crippen molar-refractivity contribution in [2.24, 2.45) is 0 Å². The Balaban J connectivity index is 1.91. The molecule has 0 radical (unpaired) electrons.